The number of rotatable bonds is 9. The van der Waals surface area contributed by atoms with Crippen molar-refractivity contribution >= 4 is 11.7 Å². The highest BCUT2D eigenvalue weighted by Gasteiger charge is 2.13. The van der Waals surface area contributed by atoms with Crippen LogP contribution in [0.1, 0.15) is 36.8 Å². The Morgan fingerprint density at radius 1 is 1.24 bits per heavy atom. The van der Waals surface area contributed by atoms with Gasteiger partial charge in [0.15, 0.2) is 11.5 Å². The van der Waals surface area contributed by atoms with E-state index in [1.165, 1.54) is 20.0 Å². The molecule has 7 nitrogen and oxygen atoms in total. The van der Waals surface area contributed by atoms with Gasteiger partial charge in [0, 0.05) is 38.3 Å². The number of ether oxygens (including phenoxy) is 2. The fraction of sp³-hybridized carbons (Fsp3) is 0.409. The molecule has 1 amide bonds. The number of carbonyl (C=O) groups excluding carboxylic acids is 1. The second-order valence-corrected chi connectivity index (χ2v) is 6.92. The first kappa shape index (κ1) is 20.5. The lowest BCUT2D eigenvalue weighted by Gasteiger charge is -2.16. The molecule has 3 rings (SSSR count). The average molecular weight is 394 g/mol. The van der Waals surface area contributed by atoms with Gasteiger partial charge in [-0.2, -0.15) is 5.26 Å². The molecule has 1 aliphatic rings. The van der Waals surface area contributed by atoms with Crippen LogP contribution < -0.4 is 19.7 Å². The van der Waals surface area contributed by atoms with Crippen LogP contribution in [0.4, 0.5) is 5.82 Å². The zero-order chi connectivity index (χ0) is 20.5. The summed E-state index contributed by atoms with van der Waals surface area (Å²) in [5, 5.41) is 11.8. The molecule has 1 aromatic carbocycles. The molecule has 1 aliphatic heterocycles. The van der Waals surface area contributed by atoms with Crippen molar-refractivity contribution in [3.05, 3.63) is 47.7 Å². The van der Waals surface area contributed by atoms with E-state index in [1.54, 1.807) is 18.2 Å². The molecule has 0 aliphatic carbocycles. The number of aromatic nitrogens is 1. The number of anilines is 1. The Hall–Kier alpha value is -3.27. The van der Waals surface area contributed by atoms with E-state index in [2.05, 4.69) is 21.3 Å². The van der Waals surface area contributed by atoms with Crippen LogP contribution in [-0.2, 0) is 11.3 Å². The highest BCUT2D eigenvalue weighted by atomic mass is 16.5. The number of nitriles is 1. The van der Waals surface area contributed by atoms with Crippen molar-refractivity contribution in [1.82, 2.24) is 10.3 Å². The highest BCUT2D eigenvalue weighted by molar-refractivity contribution is 5.75. The number of methoxy groups -OCH3 is 1. The van der Waals surface area contributed by atoms with Gasteiger partial charge in [0.05, 0.1) is 25.3 Å². The van der Waals surface area contributed by atoms with E-state index in [0.29, 0.717) is 43.1 Å². The van der Waals surface area contributed by atoms with Crippen LogP contribution in [0.3, 0.4) is 0 Å². The number of hydrogen-bond donors (Lipinski definition) is 1. The maximum Gasteiger partial charge on any atom is 0.220 e. The number of hydrogen-bond acceptors (Lipinski definition) is 6. The third-order valence-electron chi connectivity index (χ3n) is 4.83. The zero-order valence-electron chi connectivity index (χ0n) is 16.7. The molecule has 2 aromatic rings. The Labute approximate surface area is 171 Å². The molecule has 0 radical (unpaired) electrons. The minimum absolute atomic E-state index is 0.0241. The third kappa shape index (κ3) is 5.85. The van der Waals surface area contributed by atoms with E-state index in [1.807, 2.05) is 18.3 Å². The summed E-state index contributed by atoms with van der Waals surface area (Å²) in [6, 6.07) is 11.1. The first-order valence-electron chi connectivity index (χ1n) is 9.87. The van der Waals surface area contributed by atoms with Crippen LogP contribution in [-0.4, -0.2) is 37.7 Å². The summed E-state index contributed by atoms with van der Waals surface area (Å²) in [7, 11) is 1.53. The molecule has 1 saturated heterocycles. The van der Waals surface area contributed by atoms with Crippen LogP contribution >= 0.6 is 0 Å². The number of benzene rings is 1. The first-order chi connectivity index (χ1) is 14.2. The molecule has 0 atom stereocenters. The van der Waals surface area contributed by atoms with Crippen LogP contribution in [0.25, 0.3) is 0 Å². The second kappa shape index (κ2) is 10.3. The van der Waals surface area contributed by atoms with Crippen molar-refractivity contribution in [3.63, 3.8) is 0 Å². The Morgan fingerprint density at radius 3 is 2.76 bits per heavy atom. The normalized spacial score (nSPS) is 13.0. The predicted octanol–water partition coefficient (Wildman–Crippen LogP) is 3.04. The molecule has 1 fully saturated rings. The van der Waals surface area contributed by atoms with Crippen molar-refractivity contribution in [2.24, 2.45) is 0 Å². The van der Waals surface area contributed by atoms with Crippen molar-refractivity contribution in [3.8, 4) is 17.6 Å². The van der Waals surface area contributed by atoms with Crippen LogP contribution in [0.2, 0.25) is 0 Å². The number of carbonyl (C=O) groups is 1. The average Bonchev–Trinajstić information content (AvgIpc) is 3.30. The Kier molecular flexibility index (Phi) is 7.28. The lowest BCUT2D eigenvalue weighted by molar-refractivity contribution is -0.121. The summed E-state index contributed by atoms with van der Waals surface area (Å²) < 4.78 is 10.9. The number of nitrogens with zero attached hydrogens (tertiary/aromatic N) is 3. The molecule has 0 unspecified atom stereocenters. The van der Waals surface area contributed by atoms with Crippen LogP contribution in [0, 0.1) is 11.3 Å². The standard InChI is InChI=1S/C22H26N4O3/c1-28-20-13-17(14-23)6-8-19(20)29-12-4-5-22(27)25-16-18-7-9-21(24-15-18)26-10-2-3-11-26/h6-9,13,15H,2-5,10-12,16H2,1H3,(H,25,27). The quantitative estimate of drug-likeness (QED) is 0.658. The molecule has 1 N–H and O–H groups in total. The summed E-state index contributed by atoms with van der Waals surface area (Å²) in [5.41, 5.74) is 1.50. The molecule has 1 aromatic heterocycles. The molecule has 2 heterocycles. The van der Waals surface area contributed by atoms with Gasteiger partial charge >= 0.3 is 0 Å². The van der Waals surface area contributed by atoms with E-state index in [4.69, 9.17) is 14.7 Å². The molecule has 0 saturated carbocycles. The second-order valence-electron chi connectivity index (χ2n) is 6.92. The summed E-state index contributed by atoms with van der Waals surface area (Å²) in [6.07, 6.45) is 5.23. The molecule has 152 valence electrons. The Morgan fingerprint density at radius 2 is 2.07 bits per heavy atom. The van der Waals surface area contributed by atoms with Gasteiger partial charge in [0.1, 0.15) is 5.82 Å². The highest BCUT2D eigenvalue weighted by Crippen LogP contribution is 2.28. The minimum Gasteiger partial charge on any atom is -0.493 e. The van der Waals surface area contributed by atoms with Gasteiger partial charge in [-0.3, -0.25) is 4.79 Å². The van der Waals surface area contributed by atoms with Gasteiger partial charge in [0.2, 0.25) is 5.91 Å². The molecule has 7 heteroatoms. The van der Waals surface area contributed by atoms with E-state index in [9.17, 15) is 4.79 Å². The Bertz CT molecular complexity index is 855. The van der Waals surface area contributed by atoms with Crippen LogP contribution in [0.5, 0.6) is 11.5 Å². The predicted molar refractivity (Wildman–Crippen MR) is 110 cm³/mol. The lowest BCUT2D eigenvalue weighted by Crippen LogP contribution is -2.23. The van der Waals surface area contributed by atoms with Gasteiger partial charge < -0.3 is 19.7 Å². The van der Waals surface area contributed by atoms with Gasteiger partial charge in [-0.1, -0.05) is 6.07 Å². The molecule has 0 spiro atoms. The molecular weight excluding hydrogens is 368 g/mol. The van der Waals surface area contributed by atoms with E-state index < -0.39 is 0 Å². The lowest BCUT2D eigenvalue weighted by atomic mass is 10.2. The van der Waals surface area contributed by atoms with E-state index in [-0.39, 0.29) is 5.91 Å². The summed E-state index contributed by atoms with van der Waals surface area (Å²) in [4.78, 5) is 18.8. The largest absolute Gasteiger partial charge is 0.493 e. The van der Waals surface area contributed by atoms with Gasteiger partial charge in [-0.05, 0) is 43.0 Å². The number of nitrogens with one attached hydrogen (secondary N) is 1. The smallest absolute Gasteiger partial charge is 0.220 e. The summed E-state index contributed by atoms with van der Waals surface area (Å²) in [5.74, 6) is 2.06. The third-order valence-corrected chi connectivity index (χ3v) is 4.83. The van der Waals surface area contributed by atoms with Crippen LogP contribution in [0.15, 0.2) is 36.5 Å². The summed E-state index contributed by atoms with van der Waals surface area (Å²) in [6.45, 7) is 3.00. The van der Waals surface area contributed by atoms with Gasteiger partial charge in [-0.25, -0.2) is 4.98 Å². The fourth-order valence-corrected chi connectivity index (χ4v) is 3.21. The topological polar surface area (TPSA) is 87.5 Å². The number of pyridine rings is 1. The SMILES string of the molecule is COc1cc(C#N)ccc1OCCCC(=O)NCc1ccc(N2CCCC2)nc1. The van der Waals surface area contributed by atoms with E-state index in [0.717, 1.165) is 24.5 Å². The molecule has 29 heavy (non-hydrogen) atoms. The maximum absolute atomic E-state index is 12.1. The van der Waals surface area contributed by atoms with E-state index >= 15 is 0 Å². The molecular formula is C22H26N4O3. The Balaban J connectivity index is 1.36. The van der Waals surface area contributed by atoms with Crippen molar-refractivity contribution in [1.29, 1.82) is 5.26 Å². The minimum atomic E-state index is -0.0241. The van der Waals surface area contributed by atoms with Crippen molar-refractivity contribution < 1.29 is 14.3 Å². The van der Waals surface area contributed by atoms with Crippen molar-refractivity contribution in [2.45, 2.75) is 32.2 Å². The maximum atomic E-state index is 12.1. The fourth-order valence-electron chi connectivity index (χ4n) is 3.21. The first-order valence-corrected chi connectivity index (χ1v) is 9.87. The monoisotopic (exact) mass is 394 g/mol. The zero-order valence-corrected chi connectivity index (χ0v) is 16.7. The number of amides is 1. The van der Waals surface area contributed by atoms with Gasteiger partial charge in [0.25, 0.3) is 0 Å². The molecule has 0 bridgehead atoms. The summed E-state index contributed by atoms with van der Waals surface area (Å²) >= 11 is 0. The van der Waals surface area contributed by atoms with Crippen molar-refractivity contribution in [2.75, 3.05) is 31.7 Å². The van der Waals surface area contributed by atoms with Gasteiger partial charge in [-0.15, -0.1) is 0 Å².